The van der Waals surface area contributed by atoms with Crippen LogP contribution < -0.4 is 15.0 Å². The van der Waals surface area contributed by atoms with Gasteiger partial charge in [-0.2, -0.15) is 0 Å². The molecular weight excluding hydrogens is 398 g/mol. The van der Waals surface area contributed by atoms with Crippen molar-refractivity contribution < 1.29 is 14.3 Å². The molecule has 0 unspecified atom stereocenters. The van der Waals surface area contributed by atoms with Gasteiger partial charge >= 0.3 is 0 Å². The number of thiazole rings is 1. The summed E-state index contributed by atoms with van der Waals surface area (Å²) >= 11 is 1.36. The van der Waals surface area contributed by atoms with Crippen molar-refractivity contribution >= 4 is 34.0 Å². The standard InChI is InChI=1S/C23H23N3O3S/c1-3-16-4-8-19(9-5-16)29-13-22(28)25-23-24-20(14-30-23)18-7-6-17-10-11-26(15(2)27)21(17)12-18/h4-9,12,14H,3,10-11,13H2,1-2H3,(H,24,25,28). The number of rotatable bonds is 6. The van der Waals surface area contributed by atoms with Gasteiger partial charge < -0.3 is 9.64 Å². The van der Waals surface area contributed by atoms with Crippen LogP contribution in [-0.2, 0) is 22.4 Å². The van der Waals surface area contributed by atoms with E-state index in [9.17, 15) is 9.59 Å². The lowest BCUT2D eigenvalue weighted by Gasteiger charge is -2.15. The van der Waals surface area contributed by atoms with Crippen LogP contribution in [0.25, 0.3) is 11.3 Å². The number of carbonyl (C=O) groups is 2. The third kappa shape index (κ3) is 4.36. The first kappa shape index (κ1) is 20.1. The summed E-state index contributed by atoms with van der Waals surface area (Å²) in [6.45, 7) is 4.31. The number of hydrogen-bond donors (Lipinski definition) is 1. The Bertz CT molecular complexity index is 1080. The molecule has 30 heavy (non-hydrogen) atoms. The predicted octanol–water partition coefficient (Wildman–Crippen LogP) is 4.30. The maximum atomic E-state index is 12.2. The van der Waals surface area contributed by atoms with Crippen LogP contribution in [0.15, 0.2) is 47.8 Å². The number of ether oxygens (including phenoxy) is 1. The number of anilines is 2. The fraction of sp³-hybridized carbons (Fsp3) is 0.261. The normalized spacial score (nSPS) is 12.5. The Labute approximate surface area is 179 Å². The zero-order valence-electron chi connectivity index (χ0n) is 17.0. The maximum Gasteiger partial charge on any atom is 0.264 e. The van der Waals surface area contributed by atoms with Gasteiger partial charge in [0.1, 0.15) is 5.75 Å². The molecule has 3 aromatic rings. The molecule has 2 amide bonds. The van der Waals surface area contributed by atoms with E-state index in [0.717, 1.165) is 29.8 Å². The lowest BCUT2D eigenvalue weighted by molar-refractivity contribution is -0.118. The van der Waals surface area contributed by atoms with Crippen LogP contribution >= 0.6 is 11.3 Å². The van der Waals surface area contributed by atoms with Crippen molar-refractivity contribution in [2.45, 2.75) is 26.7 Å². The van der Waals surface area contributed by atoms with E-state index in [1.54, 1.807) is 11.8 Å². The first-order valence-electron chi connectivity index (χ1n) is 9.92. The summed E-state index contributed by atoms with van der Waals surface area (Å²) in [7, 11) is 0. The second-order valence-electron chi connectivity index (χ2n) is 7.14. The maximum absolute atomic E-state index is 12.2. The van der Waals surface area contributed by atoms with Crippen molar-refractivity contribution in [3.05, 3.63) is 59.0 Å². The molecule has 1 N–H and O–H groups in total. The topological polar surface area (TPSA) is 71.5 Å². The van der Waals surface area contributed by atoms with Crippen molar-refractivity contribution in [1.29, 1.82) is 0 Å². The zero-order valence-corrected chi connectivity index (χ0v) is 17.8. The summed E-state index contributed by atoms with van der Waals surface area (Å²) in [4.78, 5) is 30.4. The molecule has 0 saturated heterocycles. The number of nitrogens with one attached hydrogen (secondary N) is 1. The fourth-order valence-corrected chi connectivity index (χ4v) is 4.19. The van der Waals surface area contributed by atoms with Gasteiger partial charge in [-0.1, -0.05) is 31.2 Å². The van der Waals surface area contributed by atoms with Gasteiger partial charge in [0.15, 0.2) is 11.7 Å². The highest BCUT2D eigenvalue weighted by Crippen LogP contribution is 2.34. The Hall–Kier alpha value is -3.19. The summed E-state index contributed by atoms with van der Waals surface area (Å²) in [5.41, 5.74) is 5.03. The minimum atomic E-state index is -0.257. The SMILES string of the molecule is CCc1ccc(OCC(=O)Nc2nc(-c3ccc4c(c3)N(C(C)=O)CC4)cs2)cc1. The van der Waals surface area contributed by atoms with Gasteiger partial charge in [0.2, 0.25) is 5.91 Å². The van der Waals surface area contributed by atoms with Gasteiger partial charge in [-0.05, 0) is 42.2 Å². The molecule has 7 heteroatoms. The third-order valence-electron chi connectivity index (χ3n) is 5.11. The summed E-state index contributed by atoms with van der Waals surface area (Å²) in [5, 5.41) is 5.20. The van der Waals surface area contributed by atoms with E-state index in [1.807, 2.05) is 47.8 Å². The monoisotopic (exact) mass is 421 g/mol. The number of nitrogens with zero attached hydrogens (tertiary/aromatic N) is 2. The molecular formula is C23H23N3O3S. The Morgan fingerprint density at radius 2 is 2.00 bits per heavy atom. The Morgan fingerprint density at radius 1 is 1.20 bits per heavy atom. The summed E-state index contributed by atoms with van der Waals surface area (Å²) in [6, 6.07) is 13.8. The van der Waals surface area contributed by atoms with Gasteiger partial charge in [-0.3, -0.25) is 14.9 Å². The van der Waals surface area contributed by atoms with E-state index < -0.39 is 0 Å². The molecule has 0 bridgehead atoms. The highest BCUT2D eigenvalue weighted by Gasteiger charge is 2.22. The van der Waals surface area contributed by atoms with Crippen molar-refractivity contribution in [3.63, 3.8) is 0 Å². The molecule has 0 saturated carbocycles. The average molecular weight is 422 g/mol. The van der Waals surface area contributed by atoms with E-state index in [4.69, 9.17) is 4.74 Å². The van der Waals surface area contributed by atoms with Gasteiger partial charge in [-0.25, -0.2) is 4.98 Å². The molecule has 0 aliphatic carbocycles. The molecule has 1 aliphatic heterocycles. The number of aromatic nitrogens is 1. The Kier molecular flexibility index (Phi) is 5.81. The van der Waals surface area contributed by atoms with Crippen LogP contribution in [0.5, 0.6) is 5.75 Å². The summed E-state index contributed by atoms with van der Waals surface area (Å²) in [5.74, 6) is 0.448. The van der Waals surface area contributed by atoms with Crippen molar-refractivity contribution in [1.82, 2.24) is 4.98 Å². The molecule has 0 spiro atoms. The van der Waals surface area contributed by atoms with Crippen LogP contribution in [0.4, 0.5) is 10.8 Å². The van der Waals surface area contributed by atoms with Crippen molar-refractivity contribution in [2.24, 2.45) is 0 Å². The second kappa shape index (κ2) is 8.67. The minimum absolute atomic E-state index is 0.0430. The minimum Gasteiger partial charge on any atom is -0.484 e. The van der Waals surface area contributed by atoms with Crippen LogP contribution in [0.3, 0.4) is 0 Å². The predicted molar refractivity (Wildman–Crippen MR) is 119 cm³/mol. The van der Waals surface area contributed by atoms with Crippen LogP contribution in [0, 0.1) is 0 Å². The molecule has 154 valence electrons. The van der Waals surface area contributed by atoms with E-state index >= 15 is 0 Å². The second-order valence-corrected chi connectivity index (χ2v) is 7.99. The molecule has 0 radical (unpaired) electrons. The lowest BCUT2D eigenvalue weighted by atomic mass is 10.1. The van der Waals surface area contributed by atoms with Crippen LogP contribution in [0.2, 0.25) is 0 Å². The molecule has 2 heterocycles. The first-order chi connectivity index (χ1) is 14.5. The Balaban J connectivity index is 1.39. The largest absolute Gasteiger partial charge is 0.484 e. The third-order valence-corrected chi connectivity index (χ3v) is 5.87. The molecule has 4 rings (SSSR count). The molecule has 0 atom stereocenters. The van der Waals surface area contributed by atoms with Gasteiger partial charge in [-0.15, -0.1) is 11.3 Å². The fourth-order valence-electron chi connectivity index (χ4n) is 3.45. The molecule has 1 aliphatic rings. The van der Waals surface area contributed by atoms with E-state index in [2.05, 4.69) is 17.2 Å². The molecule has 0 fully saturated rings. The molecule has 1 aromatic heterocycles. The van der Waals surface area contributed by atoms with Crippen LogP contribution in [-0.4, -0.2) is 29.9 Å². The van der Waals surface area contributed by atoms with Gasteiger partial charge in [0.05, 0.1) is 5.69 Å². The van der Waals surface area contributed by atoms with Gasteiger partial charge in [0.25, 0.3) is 5.91 Å². The highest BCUT2D eigenvalue weighted by atomic mass is 32.1. The Morgan fingerprint density at radius 3 is 2.73 bits per heavy atom. The van der Waals surface area contributed by atoms with Gasteiger partial charge in [0, 0.05) is 30.1 Å². The van der Waals surface area contributed by atoms with Crippen LogP contribution in [0.1, 0.15) is 25.0 Å². The highest BCUT2D eigenvalue weighted by molar-refractivity contribution is 7.14. The van der Waals surface area contributed by atoms with Crippen molar-refractivity contribution in [2.75, 3.05) is 23.4 Å². The quantitative estimate of drug-likeness (QED) is 0.644. The first-order valence-corrected chi connectivity index (χ1v) is 10.8. The number of amides is 2. The zero-order chi connectivity index (χ0) is 21.1. The lowest BCUT2D eigenvalue weighted by Crippen LogP contribution is -2.25. The summed E-state index contributed by atoms with van der Waals surface area (Å²) in [6.07, 6.45) is 1.83. The smallest absolute Gasteiger partial charge is 0.264 e. The summed E-state index contributed by atoms with van der Waals surface area (Å²) < 4.78 is 5.54. The van der Waals surface area contributed by atoms with E-state index in [-0.39, 0.29) is 18.4 Å². The van der Waals surface area contributed by atoms with Crippen molar-refractivity contribution in [3.8, 4) is 17.0 Å². The number of hydrogen-bond acceptors (Lipinski definition) is 5. The average Bonchev–Trinajstić information content (AvgIpc) is 3.39. The molecule has 2 aromatic carbocycles. The number of benzene rings is 2. The molecule has 6 nitrogen and oxygen atoms in total. The number of fused-ring (bicyclic) bond motifs is 1. The number of aryl methyl sites for hydroxylation is 1. The van der Waals surface area contributed by atoms with E-state index in [0.29, 0.717) is 17.4 Å². The van der Waals surface area contributed by atoms with E-state index in [1.165, 1.54) is 22.5 Å². The number of carbonyl (C=O) groups excluding carboxylic acids is 2.